The second-order valence-corrected chi connectivity index (χ2v) is 5.28. The molecule has 2 aromatic rings. The van der Waals surface area contributed by atoms with Crippen LogP contribution >= 0.6 is 0 Å². The molecule has 1 amide bonds. The van der Waals surface area contributed by atoms with Gasteiger partial charge in [0, 0.05) is 38.9 Å². The summed E-state index contributed by atoms with van der Waals surface area (Å²) >= 11 is 0. The number of piperazine rings is 1. The zero-order valence-electron chi connectivity index (χ0n) is 12.3. The molecule has 5 nitrogen and oxygen atoms in total. The summed E-state index contributed by atoms with van der Waals surface area (Å²) in [6.45, 7) is 6.14. The Balaban J connectivity index is 1.62. The second-order valence-electron chi connectivity index (χ2n) is 5.28. The Labute approximate surface area is 124 Å². The van der Waals surface area contributed by atoms with Crippen molar-refractivity contribution < 1.29 is 4.79 Å². The molecule has 1 saturated heterocycles. The Morgan fingerprint density at radius 3 is 2.86 bits per heavy atom. The van der Waals surface area contributed by atoms with Gasteiger partial charge in [0.25, 0.3) is 0 Å². The number of amides is 1. The summed E-state index contributed by atoms with van der Waals surface area (Å²) < 4.78 is 2.12. The number of hydrogen-bond acceptors (Lipinski definition) is 3. The first-order valence-electron chi connectivity index (χ1n) is 7.33. The number of rotatable bonds is 3. The molecule has 2 aromatic heterocycles. The van der Waals surface area contributed by atoms with Gasteiger partial charge in [0.05, 0.1) is 11.9 Å². The summed E-state index contributed by atoms with van der Waals surface area (Å²) in [5.41, 5.74) is 2.17. The van der Waals surface area contributed by atoms with Crippen LogP contribution in [0.4, 0.5) is 0 Å². The molecule has 0 spiro atoms. The van der Waals surface area contributed by atoms with Crippen molar-refractivity contribution in [2.24, 2.45) is 0 Å². The molecule has 0 aliphatic carbocycles. The van der Waals surface area contributed by atoms with Gasteiger partial charge in [0.1, 0.15) is 5.65 Å². The summed E-state index contributed by atoms with van der Waals surface area (Å²) in [4.78, 5) is 20.5. The quantitative estimate of drug-likeness (QED) is 0.803. The van der Waals surface area contributed by atoms with Gasteiger partial charge in [-0.15, -0.1) is 0 Å². The lowest BCUT2D eigenvalue weighted by atomic mass is 10.3. The molecule has 1 fully saturated rings. The van der Waals surface area contributed by atoms with Gasteiger partial charge in [-0.25, -0.2) is 4.98 Å². The van der Waals surface area contributed by atoms with Crippen LogP contribution in [0.1, 0.15) is 12.6 Å². The van der Waals surface area contributed by atoms with Crippen LogP contribution in [0, 0.1) is 0 Å². The van der Waals surface area contributed by atoms with E-state index in [0.29, 0.717) is 0 Å². The van der Waals surface area contributed by atoms with Crippen LogP contribution < -0.4 is 0 Å². The monoisotopic (exact) mass is 284 g/mol. The van der Waals surface area contributed by atoms with E-state index in [2.05, 4.69) is 14.3 Å². The number of allylic oxidation sites excluding steroid dienone is 1. The summed E-state index contributed by atoms with van der Waals surface area (Å²) in [5.74, 6) is 0.118. The third kappa shape index (κ3) is 2.97. The van der Waals surface area contributed by atoms with Crippen molar-refractivity contribution in [3.8, 4) is 0 Å². The molecule has 0 bridgehead atoms. The van der Waals surface area contributed by atoms with Crippen molar-refractivity contribution >= 4 is 11.6 Å². The normalized spacial score (nSPS) is 16.9. The summed E-state index contributed by atoms with van der Waals surface area (Å²) in [6.07, 6.45) is 7.42. The van der Waals surface area contributed by atoms with E-state index in [1.165, 1.54) is 5.69 Å². The first kappa shape index (κ1) is 13.8. The number of imidazole rings is 1. The molecule has 3 rings (SSSR count). The molecule has 5 heteroatoms. The van der Waals surface area contributed by atoms with Gasteiger partial charge in [-0.2, -0.15) is 0 Å². The lowest BCUT2D eigenvalue weighted by Gasteiger charge is -2.34. The van der Waals surface area contributed by atoms with Gasteiger partial charge < -0.3 is 9.30 Å². The fraction of sp³-hybridized carbons (Fsp3) is 0.375. The summed E-state index contributed by atoms with van der Waals surface area (Å²) in [7, 11) is 0. The Kier molecular flexibility index (Phi) is 4.01. The first-order valence-corrected chi connectivity index (χ1v) is 7.33. The molecule has 0 radical (unpaired) electrons. The number of aromatic nitrogens is 2. The lowest BCUT2D eigenvalue weighted by Crippen LogP contribution is -2.47. The standard InChI is InChI=1S/C16H20N4O/c1-2-5-16(21)19-10-8-18(9-11-19)13-14-12-17-15-6-3-4-7-20(14)15/h2-7,12H,8-11,13H2,1H3/b5-2+. The third-order valence-corrected chi connectivity index (χ3v) is 3.87. The van der Waals surface area contributed by atoms with E-state index >= 15 is 0 Å². The number of carbonyl (C=O) groups excluding carboxylic acids is 1. The zero-order chi connectivity index (χ0) is 14.7. The van der Waals surface area contributed by atoms with Crippen molar-refractivity contribution in [3.05, 3.63) is 48.4 Å². The fourth-order valence-electron chi connectivity index (χ4n) is 2.71. The van der Waals surface area contributed by atoms with E-state index in [4.69, 9.17) is 0 Å². The van der Waals surface area contributed by atoms with Crippen molar-refractivity contribution in [1.29, 1.82) is 0 Å². The average Bonchev–Trinajstić information content (AvgIpc) is 2.92. The fourth-order valence-corrected chi connectivity index (χ4v) is 2.71. The van der Waals surface area contributed by atoms with Crippen LogP contribution in [-0.2, 0) is 11.3 Å². The second kappa shape index (κ2) is 6.10. The first-order chi connectivity index (χ1) is 10.3. The largest absolute Gasteiger partial charge is 0.337 e. The van der Waals surface area contributed by atoms with Crippen molar-refractivity contribution in [1.82, 2.24) is 19.2 Å². The Morgan fingerprint density at radius 1 is 1.29 bits per heavy atom. The SMILES string of the molecule is C/C=C/C(=O)N1CCN(Cc2cnc3ccccn23)CC1. The van der Waals surface area contributed by atoms with Gasteiger partial charge in [-0.3, -0.25) is 9.69 Å². The van der Waals surface area contributed by atoms with E-state index in [0.717, 1.165) is 38.4 Å². The highest BCUT2D eigenvalue weighted by atomic mass is 16.2. The van der Waals surface area contributed by atoms with Crippen LogP contribution in [0.3, 0.4) is 0 Å². The Bertz CT molecular complexity index is 653. The molecule has 0 saturated carbocycles. The lowest BCUT2D eigenvalue weighted by molar-refractivity contribution is -0.127. The summed E-state index contributed by atoms with van der Waals surface area (Å²) in [5, 5.41) is 0. The highest BCUT2D eigenvalue weighted by Gasteiger charge is 2.20. The number of carbonyl (C=O) groups is 1. The van der Waals surface area contributed by atoms with Crippen LogP contribution in [0.5, 0.6) is 0 Å². The van der Waals surface area contributed by atoms with Crippen LogP contribution in [0.25, 0.3) is 5.65 Å². The van der Waals surface area contributed by atoms with E-state index in [1.54, 1.807) is 12.2 Å². The van der Waals surface area contributed by atoms with Gasteiger partial charge in [0.2, 0.25) is 5.91 Å². The third-order valence-electron chi connectivity index (χ3n) is 3.87. The summed E-state index contributed by atoms with van der Waals surface area (Å²) in [6, 6.07) is 6.03. The minimum atomic E-state index is 0.118. The van der Waals surface area contributed by atoms with E-state index in [9.17, 15) is 4.79 Å². The van der Waals surface area contributed by atoms with Gasteiger partial charge in [0.15, 0.2) is 0 Å². The van der Waals surface area contributed by atoms with Crippen LogP contribution in [-0.4, -0.2) is 51.3 Å². The van der Waals surface area contributed by atoms with E-state index < -0.39 is 0 Å². The van der Waals surface area contributed by atoms with Gasteiger partial charge >= 0.3 is 0 Å². The minimum absolute atomic E-state index is 0.118. The highest BCUT2D eigenvalue weighted by molar-refractivity contribution is 5.87. The maximum absolute atomic E-state index is 11.8. The van der Waals surface area contributed by atoms with Gasteiger partial charge in [-0.1, -0.05) is 12.1 Å². The molecule has 0 unspecified atom stereocenters. The van der Waals surface area contributed by atoms with Crippen LogP contribution in [0.15, 0.2) is 42.7 Å². The molecule has 21 heavy (non-hydrogen) atoms. The maximum atomic E-state index is 11.8. The Morgan fingerprint density at radius 2 is 2.10 bits per heavy atom. The molecule has 110 valence electrons. The average molecular weight is 284 g/mol. The van der Waals surface area contributed by atoms with E-state index in [1.807, 2.05) is 42.4 Å². The number of hydrogen-bond donors (Lipinski definition) is 0. The molecule has 1 aliphatic heterocycles. The van der Waals surface area contributed by atoms with Gasteiger partial charge in [-0.05, 0) is 25.1 Å². The minimum Gasteiger partial charge on any atom is -0.337 e. The number of fused-ring (bicyclic) bond motifs is 1. The molecular formula is C16H20N4O. The number of nitrogens with zero attached hydrogens (tertiary/aromatic N) is 4. The number of pyridine rings is 1. The predicted octanol–water partition coefficient (Wildman–Crippen LogP) is 1.55. The Hall–Kier alpha value is -2.14. The van der Waals surface area contributed by atoms with Crippen molar-refractivity contribution in [3.63, 3.8) is 0 Å². The predicted molar refractivity (Wildman–Crippen MR) is 81.9 cm³/mol. The highest BCUT2D eigenvalue weighted by Crippen LogP contribution is 2.11. The van der Waals surface area contributed by atoms with Crippen molar-refractivity contribution in [2.45, 2.75) is 13.5 Å². The zero-order valence-corrected chi connectivity index (χ0v) is 12.3. The molecular weight excluding hydrogens is 264 g/mol. The molecule has 1 aliphatic rings. The molecule has 3 heterocycles. The topological polar surface area (TPSA) is 40.9 Å². The smallest absolute Gasteiger partial charge is 0.246 e. The molecule has 0 atom stereocenters. The maximum Gasteiger partial charge on any atom is 0.246 e. The molecule has 0 aromatic carbocycles. The van der Waals surface area contributed by atoms with Crippen molar-refractivity contribution in [2.75, 3.05) is 26.2 Å². The molecule has 0 N–H and O–H groups in total. The van der Waals surface area contributed by atoms with Crippen LogP contribution in [0.2, 0.25) is 0 Å². The van der Waals surface area contributed by atoms with E-state index in [-0.39, 0.29) is 5.91 Å².